The third-order valence-corrected chi connectivity index (χ3v) is 5.18. The number of benzene rings is 3. The van der Waals surface area contributed by atoms with Gasteiger partial charge in [-0.3, -0.25) is 0 Å². The molecule has 0 saturated heterocycles. The first-order chi connectivity index (χ1) is 15.1. The van der Waals surface area contributed by atoms with E-state index in [2.05, 4.69) is 0 Å². The van der Waals surface area contributed by atoms with Gasteiger partial charge in [0.05, 0.1) is 6.61 Å². The lowest BCUT2D eigenvalue weighted by Crippen LogP contribution is -2.33. The lowest BCUT2D eigenvalue weighted by molar-refractivity contribution is -0.0468. The summed E-state index contributed by atoms with van der Waals surface area (Å²) in [7, 11) is 0. The summed E-state index contributed by atoms with van der Waals surface area (Å²) in [5.41, 5.74) is 0.925. The molecule has 8 N–H and O–H groups in total. The van der Waals surface area contributed by atoms with E-state index in [9.17, 15) is 40.9 Å². The maximum Gasteiger partial charge on any atom is 0.200 e. The molecule has 0 fully saturated rings. The molecule has 32 heavy (non-hydrogen) atoms. The molecule has 168 valence electrons. The van der Waals surface area contributed by atoms with Crippen LogP contribution in [0.1, 0.15) is 22.8 Å². The molecule has 3 aromatic rings. The highest BCUT2D eigenvalue weighted by molar-refractivity contribution is 5.55. The summed E-state index contributed by atoms with van der Waals surface area (Å²) in [6, 6.07) is 7.22. The Morgan fingerprint density at radius 2 is 1.28 bits per heavy atom. The van der Waals surface area contributed by atoms with Crippen molar-refractivity contribution in [2.24, 2.45) is 0 Å². The van der Waals surface area contributed by atoms with Crippen molar-refractivity contribution < 1.29 is 50.3 Å². The minimum atomic E-state index is -0.944. The first-order valence-electron chi connectivity index (χ1n) is 9.45. The highest BCUT2D eigenvalue weighted by Crippen LogP contribution is 2.46. The van der Waals surface area contributed by atoms with E-state index in [1.165, 1.54) is 30.3 Å². The molecule has 0 saturated carbocycles. The fourth-order valence-corrected chi connectivity index (χ4v) is 3.61. The number of fused-ring (bicyclic) bond motifs is 1. The summed E-state index contributed by atoms with van der Waals surface area (Å²) >= 11 is 0. The maximum atomic E-state index is 10.2. The van der Waals surface area contributed by atoms with E-state index < -0.39 is 46.7 Å². The molecule has 0 aromatic heterocycles. The molecule has 1 heterocycles. The maximum absolute atomic E-state index is 10.2. The Morgan fingerprint density at radius 3 is 1.88 bits per heavy atom. The number of phenolic OH excluding ortho intramolecular Hbond substituents is 8. The van der Waals surface area contributed by atoms with Crippen molar-refractivity contribution in [3.05, 3.63) is 53.1 Å². The lowest BCUT2D eigenvalue weighted by atomic mass is 9.93. The summed E-state index contributed by atoms with van der Waals surface area (Å²) in [5, 5.41) is 78.4. The van der Waals surface area contributed by atoms with Gasteiger partial charge in [-0.05, 0) is 29.8 Å². The number of hydrogen-bond acceptors (Lipinski definition) is 10. The normalized spacial score (nSPS) is 17.5. The first-order valence-corrected chi connectivity index (χ1v) is 9.45. The molecule has 2 atom stereocenters. The van der Waals surface area contributed by atoms with Crippen molar-refractivity contribution in [3.63, 3.8) is 0 Å². The molecule has 10 nitrogen and oxygen atoms in total. The van der Waals surface area contributed by atoms with E-state index >= 15 is 0 Å². The predicted molar refractivity (Wildman–Crippen MR) is 108 cm³/mol. The Kier molecular flexibility index (Phi) is 5.15. The SMILES string of the molecule is Oc1cc(O)c2c(c1)O[C@H](c1cc(O)c(O)c(O)c1)[C@H](OCc1cc(O)c(O)c(O)c1)C2. The van der Waals surface area contributed by atoms with Crippen LogP contribution in [0.5, 0.6) is 51.7 Å². The summed E-state index contributed by atoms with van der Waals surface area (Å²) in [4.78, 5) is 0. The topological polar surface area (TPSA) is 180 Å². The van der Waals surface area contributed by atoms with Crippen LogP contribution in [-0.2, 0) is 17.8 Å². The van der Waals surface area contributed by atoms with Crippen LogP contribution in [0, 0.1) is 0 Å². The molecule has 0 bridgehead atoms. The standard InChI is InChI=1S/C22H20O10/c23-11-5-13(24)12-7-19(31-8-9-1-14(25)20(29)15(26)2-9)22(32-18(12)6-11)10-3-16(27)21(30)17(28)4-10/h1-6,19,22-30H,7-8H2/t19-,22-/m1/s1. The van der Waals surface area contributed by atoms with Gasteiger partial charge in [0, 0.05) is 29.7 Å². The molecule has 0 aliphatic carbocycles. The fourth-order valence-electron chi connectivity index (χ4n) is 3.61. The van der Waals surface area contributed by atoms with Gasteiger partial charge in [0.2, 0.25) is 0 Å². The molecule has 4 rings (SSSR count). The number of hydrogen-bond donors (Lipinski definition) is 8. The van der Waals surface area contributed by atoms with E-state index in [-0.39, 0.29) is 35.8 Å². The quantitative estimate of drug-likeness (QED) is 0.279. The fraction of sp³-hybridized carbons (Fsp3) is 0.182. The van der Waals surface area contributed by atoms with E-state index in [1.54, 1.807) is 0 Å². The van der Waals surface area contributed by atoms with Crippen molar-refractivity contribution in [1.29, 1.82) is 0 Å². The van der Waals surface area contributed by atoms with Crippen LogP contribution in [0.2, 0.25) is 0 Å². The molecule has 0 unspecified atom stereocenters. The Bertz CT molecular complexity index is 1140. The van der Waals surface area contributed by atoms with Gasteiger partial charge in [-0.25, -0.2) is 0 Å². The summed E-state index contributed by atoms with van der Waals surface area (Å²) in [6.45, 7) is -0.143. The van der Waals surface area contributed by atoms with Gasteiger partial charge in [-0.1, -0.05) is 0 Å². The third-order valence-electron chi connectivity index (χ3n) is 5.18. The van der Waals surface area contributed by atoms with Crippen molar-refractivity contribution in [2.45, 2.75) is 25.2 Å². The predicted octanol–water partition coefficient (Wildman–Crippen LogP) is 2.59. The number of phenols is 8. The second-order valence-electron chi connectivity index (χ2n) is 7.42. The molecule has 3 aromatic carbocycles. The van der Waals surface area contributed by atoms with Crippen LogP contribution >= 0.6 is 0 Å². The highest BCUT2D eigenvalue weighted by Gasteiger charge is 2.35. The van der Waals surface area contributed by atoms with Crippen LogP contribution in [0.15, 0.2) is 36.4 Å². The van der Waals surface area contributed by atoms with Crippen LogP contribution in [-0.4, -0.2) is 47.0 Å². The largest absolute Gasteiger partial charge is 0.508 e. The summed E-state index contributed by atoms with van der Waals surface area (Å²) < 4.78 is 11.8. The third kappa shape index (κ3) is 3.79. The van der Waals surface area contributed by atoms with Gasteiger partial charge in [0.15, 0.2) is 40.6 Å². The molecular weight excluding hydrogens is 424 g/mol. The molecule has 10 heteroatoms. The van der Waals surface area contributed by atoms with Crippen molar-refractivity contribution in [2.75, 3.05) is 0 Å². The minimum absolute atomic E-state index is 0.102. The summed E-state index contributed by atoms with van der Waals surface area (Å²) in [6.07, 6.45) is -1.65. The Hall–Kier alpha value is -4.18. The van der Waals surface area contributed by atoms with E-state index in [0.29, 0.717) is 11.1 Å². The highest BCUT2D eigenvalue weighted by atomic mass is 16.5. The number of aromatic hydroxyl groups is 8. The minimum Gasteiger partial charge on any atom is -0.508 e. The zero-order chi connectivity index (χ0) is 23.2. The molecule has 0 radical (unpaired) electrons. The monoisotopic (exact) mass is 444 g/mol. The average molecular weight is 444 g/mol. The molecule has 1 aliphatic heterocycles. The Labute approximate surface area is 181 Å². The van der Waals surface area contributed by atoms with Gasteiger partial charge < -0.3 is 50.3 Å². The van der Waals surface area contributed by atoms with E-state index in [0.717, 1.165) is 6.07 Å². The van der Waals surface area contributed by atoms with Crippen LogP contribution in [0.25, 0.3) is 0 Å². The van der Waals surface area contributed by atoms with E-state index in [4.69, 9.17) is 9.47 Å². The van der Waals surface area contributed by atoms with Crippen molar-refractivity contribution in [3.8, 4) is 51.7 Å². The Balaban J connectivity index is 1.70. The number of rotatable bonds is 4. The average Bonchev–Trinajstić information content (AvgIpc) is 2.73. The van der Waals surface area contributed by atoms with Gasteiger partial charge in [0.1, 0.15) is 23.4 Å². The Morgan fingerprint density at radius 1 is 0.719 bits per heavy atom. The van der Waals surface area contributed by atoms with Gasteiger partial charge in [-0.2, -0.15) is 0 Å². The van der Waals surface area contributed by atoms with Crippen LogP contribution < -0.4 is 4.74 Å². The van der Waals surface area contributed by atoms with Gasteiger partial charge in [0.25, 0.3) is 0 Å². The molecule has 0 amide bonds. The van der Waals surface area contributed by atoms with E-state index in [1.807, 2.05) is 0 Å². The zero-order valence-electron chi connectivity index (χ0n) is 16.4. The van der Waals surface area contributed by atoms with Crippen molar-refractivity contribution >= 4 is 0 Å². The zero-order valence-corrected chi connectivity index (χ0v) is 16.4. The smallest absolute Gasteiger partial charge is 0.200 e. The van der Waals surface area contributed by atoms with Gasteiger partial charge >= 0.3 is 0 Å². The van der Waals surface area contributed by atoms with Crippen LogP contribution in [0.4, 0.5) is 0 Å². The van der Waals surface area contributed by atoms with Gasteiger partial charge in [-0.15, -0.1) is 0 Å². The number of ether oxygens (including phenoxy) is 2. The van der Waals surface area contributed by atoms with Crippen molar-refractivity contribution in [1.82, 2.24) is 0 Å². The molecule has 0 spiro atoms. The first kappa shape index (κ1) is 21.1. The second-order valence-corrected chi connectivity index (χ2v) is 7.42. The second kappa shape index (κ2) is 7.82. The molecular formula is C22H20O10. The van der Waals surface area contributed by atoms with Crippen LogP contribution in [0.3, 0.4) is 0 Å². The summed E-state index contributed by atoms with van der Waals surface area (Å²) in [5.74, 6) is -3.89. The molecule has 1 aliphatic rings. The lowest BCUT2D eigenvalue weighted by Gasteiger charge is -2.34.